The minimum absolute atomic E-state index is 0.363. The highest BCUT2D eigenvalue weighted by atomic mass is 16.4. The summed E-state index contributed by atoms with van der Waals surface area (Å²) >= 11 is 0. The van der Waals surface area contributed by atoms with E-state index in [1.54, 1.807) is 0 Å². The van der Waals surface area contributed by atoms with Crippen LogP contribution in [0, 0.1) is 0 Å². The van der Waals surface area contributed by atoms with Crippen LogP contribution in [0.5, 0.6) is 0 Å². The second-order valence-electron chi connectivity index (χ2n) is 4.55. The molecule has 1 rings (SSSR count). The SMILES string of the molecule is C[C@H](NC(=O)[C@@H](N)CO)C(=O)N1CCC[C@H]1C(=O)O. The number of carbonyl (C=O) groups is 3. The van der Waals surface area contributed by atoms with Gasteiger partial charge in [0, 0.05) is 6.54 Å². The molecule has 0 aromatic heterocycles. The van der Waals surface area contributed by atoms with Gasteiger partial charge < -0.3 is 26.2 Å². The minimum Gasteiger partial charge on any atom is -0.480 e. The highest BCUT2D eigenvalue weighted by Crippen LogP contribution is 2.18. The number of carboxylic acids is 1. The molecule has 1 aliphatic heterocycles. The van der Waals surface area contributed by atoms with Crippen molar-refractivity contribution in [2.24, 2.45) is 5.73 Å². The quantitative estimate of drug-likeness (QED) is 0.453. The van der Waals surface area contributed by atoms with Crippen LogP contribution in [0.4, 0.5) is 0 Å². The summed E-state index contributed by atoms with van der Waals surface area (Å²) < 4.78 is 0. The second kappa shape index (κ2) is 6.48. The fourth-order valence-corrected chi connectivity index (χ4v) is 2.00. The van der Waals surface area contributed by atoms with E-state index in [1.165, 1.54) is 11.8 Å². The predicted octanol–water partition coefficient (Wildman–Crippen LogP) is -2.11. The van der Waals surface area contributed by atoms with Crippen LogP contribution in [0.3, 0.4) is 0 Å². The van der Waals surface area contributed by atoms with Crippen molar-refractivity contribution in [1.29, 1.82) is 0 Å². The van der Waals surface area contributed by atoms with Crippen LogP contribution in [-0.4, -0.2) is 64.2 Å². The van der Waals surface area contributed by atoms with Crippen molar-refractivity contribution >= 4 is 17.8 Å². The van der Waals surface area contributed by atoms with Gasteiger partial charge in [0.2, 0.25) is 11.8 Å². The van der Waals surface area contributed by atoms with Crippen LogP contribution >= 0.6 is 0 Å². The number of nitrogens with two attached hydrogens (primary N) is 1. The highest BCUT2D eigenvalue weighted by Gasteiger charge is 2.36. The Morgan fingerprint density at radius 3 is 2.63 bits per heavy atom. The van der Waals surface area contributed by atoms with Crippen molar-refractivity contribution in [1.82, 2.24) is 10.2 Å². The lowest BCUT2D eigenvalue weighted by Gasteiger charge is -2.25. The van der Waals surface area contributed by atoms with Gasteiger partial charge in [-0.2, -0.15) is 0 Å². The number of aliphatic carboxylic acids is 1. The van der Waals surface area contributed by atoms with Crippen LogP contribution in [-0.2, 0) is 14.4 Å². The molecule has 0 spiro atoms. The zero-order valence-corrected chi connectivity index (χ0v) is 10.7. The number of nitrogens with one attached hydrogen (secondary N) is 1. The summed E-state index contributed by atoms with van der Waals surface area (Å²) in [5, 5.41) is 20.1. The van der Waals surface area contributed by atoms with E-state index in [-0.39, 0.29) is 0 Å². The summed E-state index contributed by atoms with van der Waals surface area (Å²) in [4.78, 5) is 35.7. The maximum Gasteiger partial charge on any atom is 0.326 e. The maximum atomic E-state index is 12.1. The molecule has 0 saturated carbocycles. The van der Waals surface area contributed by atoms with E-state index in [0.29, 0.717) is 19.4 Å². The summed E-state index contributed by atoms with van der Waals surface area (Å²) in [6, 6.07) is -2.80. The molecule has 0 radical (unpaired) electrons. The Kier molecular flexibility index (Phi) is 5.25. The molecule has 8 heteroatoms. The van der Waals surface area contributed by atoms with Crippen molar-refractivity contribution in [3.8, 4) is 0 Å². The number of rotatable bonds is 5. The summed E-state index contributed by atoms with van der Waals surface area (Å²) in [5.41, 5.74) is 5.31. The summed E-state index contributed by atoms with van der Waals surface area (Å²) in [6.07, 6.45) is 1.04. The monoisotopic (exact) mass is 273 g/mol. The first-order chi connectivity index (χ1) is 8.88. The number of carbonyl (C=O) groups excluding carboxylic acids is 2. The molecular formula is C11H19N3O5. The Bertz CT molecular complexity index is 373. The van der Waals surface area contributed by atoms with Gasteiger partial charge in [-0.15, -0.1) is 0 Å². The van der Waals surface area contributed by atoms with Gasteiger partial charge in [0.1, 0.15) is 18.1 Å². The van der Waals surface area contributed by atoms with Crippen LogP contribution in [0.25, 0.3) is 0 Å². The molecule has 5 N–H and O–H groups in total. The zero-order chi connectivity index (χ0) is 14.6. The Morgan fingerprint density at radius 1 is 1.47 bits per heavy atom. The van der Waals surface area contributed by atoms with Gasteiger partial charge in [-0.1, -0.05) is 0 Å². The van der Waals surface area contributed by atoms with E-state index in [2.05, 4.69) is 5.32 Å². The van der Waals surface area contributed by atoms with Crippen molar-refractivity contribution in [3.05, 3.63) is 0 Å². The molecule has 19 heavy (non-hydrogen) atoms. The molecule has 2 amide bonds. The molecule has 0 aromatic carbocycles. The number of hydrogen-bond donors (Lipinski definition) is 4. The average molecular weight is 273 g/mol. The van der Waals surface area contributed by atoms with Gasteiger partial charge in [0.05, 0.1) is 6.61 Å². The first kappa shape index (κ1) is 15.4. The van der Waals surface area contributed by atoms with Gasteiger partial charge in [0.15, 0.2) is 0 Å². The largest absolute Gasteiger partial charge is 0.480 e. The third-order valence-corrected chi connectivity index (χ3v) is 3.08. The molecule has 108 valence electrons. The Hall–Kier alpha value is -1.67. The van der Waals surface area contributed by atoms with Crippen LogP contribution < -0.4 is 11.1 Å². The van der Waals surface area contributed by atoms with Crippen LogP contribution in [0.15, 0.2) is 0 Å². The summed E-state index contributed by atoms with van der Waals surface area (Å²) in [5.74, 6) is -2.14. The maximum absolute atomic E-state index is 12.1. The fourth-order valence-electron chi connectivity index (χ4n) is 2.00. The Labute approximate surface area is 110 Å². The van der Waals surface area contributed by atoms with Gasteiger partial charge in [-0.3, -0.25) is 9.59 Å². The lowest BCUT2D eigenvalue weighted by molar-refractivity contribution is -0.149. The summed E-state index contributed by atoms with van der Waals surface area (Å²) in [6.45, 7) is 1.30. The number of likely N-dealkylation sites (tertiary alicyclic amines) is 1. The second-order valence-corrected chi connectivity index (χ2v) is 4.55. The highest BCUT2D eigenvalue weighted by molar-refractivity contribution is 5.91. The van der Waals surface area contributed by atoms with Gasteiger partial charge in [-0.25, -0.2) is 4.79 Å². The van der Waals surface area contributed by atoms with E-state index in [4.69, 9.17) is 15.9 Å². The molecular weight excluding hydrogens is 254 g/mol. The molecule has 1 fully saturated rings. The first-order valence-corrected chi connectivity index (χ1v) is 6.08. The van der Waals surface area contributed by atoms with Gasteiger partial charge in [0.25, 0.3) is 0 Å². The number of carboxylic acid groups (broad SMARTS) is 1. The van der Waals surface area contributed by atoms with Gasteiger partial charge >= 0.3 is 5.97 Å². The third-order valence-electron chi connectivity index (χ3n) is 3.08. The average Bonchev–Trinajstić information content (AvgIpc) is 2.85. The third kappa shape index (κ3) is 3.65. The topological polar surface area (TPSA) is 133 Å². The summed E-state index contributed by atoms with van der Waals surface area (Å²) in [7, 11) is 0. The standard InChI is InChI=1S/C11H19N3O5/c1-6(13-9(16)7(12)5-15)10(17)14-4-2-3-8(14)11(18)19/h6-8,15H,2-5,12H2,1H3,(H,13,16)(H,18,19)/t6-,7-,8-/m0/s1. The number of nitrogens with zero attached hydrogens (tertiary/aromatic N) is 1. The zero-order valence-electron chi connectivity index (χ0n) is 10.7. The normalized spacial score (nSPS) is 21.8. The van der Waals surface area contributed by atoms with E-state index < -0.39 is 42.5 Å². The van der Waals surface area contributed by atoms with Crippen molar-refractivity contribution in [2.75, 3.05) is 13.2 Å². The van der Waals surface area contributed by atoms with Crippen LogP contribution in [0.1, 0.15) is 19.8 Å². The lowest BCUT2D eigenvalue weighted by Crippen LogP contribution is -2.53. The molecule has 1 heterocycles. The molecule has 0 unspecified atom stereocenters. The number of amides is 2. The molecule has 0 aliphatic carbocycles. The van der Waals surface area contributed by atoms with Gasteiger partial charge in [-0.05, 0) is 19.8 Å². The van der Waals surface area contributed by atoms with E-state index in [0.717, 1.165) is 0 Å². The van der Waals surface area contributed by atoms with E-state index >= 15 is 0 Å². The Morgan fingerprint density at radius 2 is 2.11 bits per heavy atom. The predicted molar refractivity (Wildman–Crippen MR) is 65.0 cm³/mol. The molecule has 0 bridgehead atoms. The van der Waals surface area contributed by atoms with Crippen molar-refractivity contribution in [2.45, 2.75) is 37.9 Å². The van der Waals surface area contributed by atoms with Crippen LogP contribution in [0.2, 0.25) is 0 Å². The Balaban J connectivity index is 2.62. The number of aliphatic hydroxyl groups excluding tert-OH is 1. The van der Waals surface area contributed by atoms with E-state index in [1.807, 2.05) is 0 Å². The first-order valence-electron chi connectivity index (χ1n) is 6.08. The minimum atomic E-state index is -1.09. The van der Waals surface area contributed by atoms with E-state index in [9.17, 15) is 14.4 Å². The number of aliphatic hydroxyl groups is 1. The van der Waals surface area contributed by atoms with Crippen molar-refractivity contribution in [3.63, 3.8) is 0 Å². The number of hydrogen-bond acceptors (Lipinski definition) is 5. The lowest BCUT2D eigenvalue weighted by atomic mass is 10.2. The molecule has 8 nitrogen and oxygen atoms in total. The smallest absolute Gasteiger partial charge is 0.326 e. The fraction of sp³-hybridized carbons (Fsp3) is 0.727. The molecule has 1 saturated heterocycles. The van der Waals surface area contributed by atoms with Crippen molar-refractivity contribution < 1.29 is 24.6 Å². The molecule has 0 aromatic rings. The molecule has 3 atom stereocenters. The molecule has 1 aliphatic rings.